The first-order chi connectivity index (χ1) is 12.1. The van der Waals surface area contributed by atoms with Crippen molar-refractivity contribution in [3.63, 3.8) is 0 Å². The molecule has 0 bridgehead atoms. The maximum atomic E-state index is 12.4. The van der Waals surface area contributed by atoms with Gasteiger partial charge in [-0.15, -0.1) is 12.4 Å². The minimum atomic E-state index is -3.54. The van der Waals surface area contributed by atoms with Crippen molar-refractivity contribution in [2.75, 3.05) is 45.8 Å². The zero-order chi connectivity index (χ0) is 17.7. The number of amides is 1. The van der Waals surface area contributed by atoms with E-state index in [4.69, 9.17) is 0 Å². The molecule has 2 aliphatic heterocycles. The monoisotopic (exact) mass is 402 g/mol. The number of sulfonamides is 1. The Morgan fingerprint density at radius 1 is 1.15 bits per heavy atom. The lowest BCUT2D eigenvalue weighted by Crippen LogP contribution is -2.49. The molecular weight excluding hydrogens is 376 g/mol. The van der Waals surface area contributed by atoms with Crippen molar-refractivity contribution in [3.05, 3.63) is 30.3 Å². The Morgan fingerprint density at radius 2 is 1.85 bits per heavy atom. The number of carbonyl (C=O) groups is 1. The van der Waals surface area contributed by atoms with Crippen LogP contribution in [0.3, 0.4) is 0 Å². The molecule has 1 atom stereocenters. The smallest absolute Gasteiger partial charge is 0.240 e. The molecule has 1 aromatic carbocycles. The molecule has 0 saturated carbocycles. The molecule has 0 aliphatic carbocycles. The molecule has 146 valence electrons. The average Bonchev–Trinajstić information content (AvgIpc) is 3.13. The van der Waals surface area contributed by atoms with Crippen molar-refractivity contribution in [2.24, 2.45) is 0 Å². The van der Waals surface area contributed by atoms with Crippen molar-refractivity contribution in [2.45, 2.75) is 23.8 Å². The summed E-state index contributed by atoms with van der Waals surface area (Å²) in [6, 6.07) is 8.66. The summed E-state index contributed by atoms with van der Waals surface area (Å²) < 4.78 is 26.8. The Labute approximate surface area is 161 Å². The van der Waals surface area contributed by atoms with E-state index < -0.39 is 10.0 Å². The van der Waals surface area contributed by atoms with Crippen molar-refractivity contribution >= 4 is 28.3 Å². The van der Waals surface area contributed by atoms with Crippen molar-refractivity contribution in [1.82, 2.24) is 19.8 Å². The van der Waals surface area contributed by atoms with Crippen LogP contribution >= 0.6 is 12.4 Å². The number of benzene rings is 1. The minimum Gasteiger partial charge on any atom is -0.341 e. The number of carbonyl (C=O) groups excluding carboxylic acids is 1. The van der Waals surface area contributed by atoms with Crippen LogP contribution in [-0.4, -0.2) is 76.0 Å². The fraction of sp³-hybridized carbons (Fsp3) is 0.588. The molecule has 3 rings (SSSR count). The summed E-state index contributed by atoms with van der Waals surface area (Å²) in [6.45, 7) is 5.72. The molecule has 0 spiro atoms. The predicted octanol–water partition coefficient (Wildman–Crippen LogP) is 0.283. The van der Waals surface area contributed by atoms with Gasteiger partial charge < -0.3 is 10.2 Å². The summed E-state index contributed by atoms with van der Waals surface area (Å²) in [7, 11) is -3.54. The second-order valence-electron chi connectivity index (χ2n) is 6.53. The van der Waals surface area contributed by atoms with Gasteiger partial charge in [-0.05, 0) is 18.6 Å². The van der Waals surface area contributed by atoms with E-state index in [9.17, 15) is 13.2 Å². The van der Waals surface area contributed by atoms with E-state index in [1.54, 1.807) is 30.3 Å². The Hall–Kier alpha value is -1.19. The summed E-state index contributed by atoms with van der Waals surface area (Å²) >= 11 is 0. The average molecular weight is 403 g/mol. The second kappa shape index (κ2) is 9.66. The van der Waals surface area contributed by atoms with Crippen molar-refractivity contribution < 1.29 is 13.2 Å². The van der Waals surface area contributed by atoms with Gasteiger partial charge in [0.15, 0.2) is 0 Å². The maximum absolute atomic E-state index is 12.4. The Bertz CT molecular complexity index is 681. The highest BCUT2D eigenvalue weighted by Crippen LogP contribution is 2.17. The number of nitrogens with one attached hydrogen (secondary N) is 2. The first kappa shape index (κ1) is 21.1. The Kier molecular flexibility index (Phi) is 7.85. The van der Waals surface area contributed by atoms with E-state index in [-0.39, 0.29) is 36.2 Å². The van der Waals surface area contributed by atoms with Crippen molar-refractivity contribution in [3.8, 4) is 0 Å². The molecule has 2 aliphatic rings. The van der Waals surface area contributed by atoms with Crippen LogP contribution in [0.15, 0.2) is 35.2 Å². The van der Waals surface area contributed by atoms with Crippen LogP contribution in [0.5, 0.6) is 0 Å². The molecule has 2 heterocycles. The largest absolute Gasteiger partial charge is 0.341 e. The minimum absolute atomic E-state index is 0. The third-order valence-corrected chi connectivity index (χ3v) is 6.35. The van der Waals surface area contributed by atoms with Gasteiger partial charge in [0.05, 0.1) is 4.90 Å². The number of hydrogen-bond acceptors (Lipinski definition) is 5. The number of halogens is 1. The first-order valence-electron chi connectivity index (χ1n) is 8.83. The number of piperazine rings is 1. The van der Waals surface area contributed by atoms with E-state index in [0.29, 0.717) is 6.04 Å². The van der Waals surface area contributed by atoms with Gasteiger partial charge in [0.1, 0.15) is 0 Å². The van der Waals surface area contributed by atoms with Gasteiger partial charge in [0, 0.05) is 58.3 Å². The molecule has 1 amide bonds. The zero-order valence-electron chi connectivity index (χ0n) is 14.8. The molecule has 9 heteroatoms. The molecule has 1 aromatic rings. The van der Waals surface area contributed by atoms with Crippen LogP contribution in [0.25, 0.3) is 0 Å². The predicted molar refractivity (Wildman–Crippen MR) is 103 cm³/mol. The number of rotatable bonds is 6. The lowest BCUT2D eigenvalue weighted by Gasteiger charge is -2.32. The quantitative estimate of drug-likeness (QED) is 0.714. The first-order valence-corrected chi connectivity index (χ1v) is 10.3. The molecule has 7 nitrogen and oxygen atoms in total. The highest BCUT2D eigenvalue weighted by Gasteiger charge is 2.30. The number of hydrogen-bond donors (Lipinski definition) is 2. The summed E-state index contributed by atoms with van der Waals surface area (Å²) in [5, 5.41) is 3.34. The highest BCUT2D eigenvalue weighted by atomic mass is 35.5. The summed E-state index contributed by atoms with van der Waals surface area (Å²) in [4.78, 5) is 16.9. The molecule has 2 N–H and O–H groups in total. The second-order valence-corrected chi connectivity index (χ2v) is 8.30. The van der Waals surface area contributed by atoms with E-state index in [1.807, 2.05) is 4.90 Å². The fourth-order valence-electron chi connectivity index (χ4n) is 3.45. The van der Waals surface area contributed by atoms with Crippen LogP contribution in [0.1, 0.15) is 12.8 Å². The van der Waals surface area contributed by atoms with Gasteiger partial charge in [-0.3, -0.25) is 9.69 Å². The SMILES string of the molecule is Cl.O=C(CCNS(=O)(=O)c1ccccc1)N1CCC(N2CCNCC2)C1. The lowest BCUT2D eigenvalue weighted by molar-refractivity contribution is -0.130. The number of nitrogens with zero attached hydrogens (tertiary/aromatic N) is 2. The van der Waals surface area contributed by atoms with Gasteiger partial charge in [-0.1, -0.05) is 18.2 Å². The van der Waals surface area contributed by atoms with E-state index in [0.717, 1.165) is 45.7 Å². The topological polar surface area (TPSA) is 81.8 Å². The Morgan fingerprint density at radius 3 is 2.54 bits per heavy atom. The van der Waals surface area contributed by atoms with E-state index in [1.165, 1.54) is 0 Å². The van der Waals surface area contributed by atoms with Crippen LogP contribution in [0, 0.1) is 0 Å². The van der Waals surface area contributed by atoms with Crippen molar-refractivity contribution in [1.29, 1.82) is 0 Å². The maximum Gasteiger partial charge on any atom is 0.240 e. The van der Waals surface area contributed by atoms with E-state index in [2.05, 4.69) is 14.9 Å². The summed E-state index contributed by atoms with van der Waals surface area (Å²) in [5.74, 6) is 0.0217. The standard InChI is InChI=1S/C17H26N4O3S.ClH/c22-17(6-8-19-25(23,24)16-4-2-1-3-5-16)21-11-7-15(14-21)20-12-9-18-10-13-20;/h1-5,15,18-19H,6-14H2;1H. The highest BCUT2D eigenvalue weighted by molar-refractivity contribution is 7.89. The molecular formula is C17H27ClN4O3S. The normalized spacial score (nSPS) is 21.4. The zero-order valence-corrected chi connectivity index (χ0v) is 16.4. The Balaban J connectivity index is 0.00000243. The molecule has 1 unspecified atom stereocenters. The van der Waals surface area contributed by atoms with Gasteiger partial charge in [-0.2, -0.15) is 0 Å². The summed E-state index contributed by atoms with van der Waals surface area (Å²) in [6.07, 6.45) is 1.20. The van der Waals surface area contributed by atoms with Crippen LogP contribution in [-0.2, 0) is 14.8 Å². The lowest BCUT2D eigenvalue weighted by atomic mass is 10.2. The summed E-state index contributed by atoms with van der Waals surface area (Å²) in [5.41, 5.74) is 0. The van der Waals surface area contributed by atoms with Gasteiger partial charge in [0.2, 0.25) is 15.9 Å². The molecule has 2 fully saturated rings. The molecule has 2 saturated heterocycles. The van der Waals surface area contributed by atoms with Crippen LogP contribution < -0.4 is 10.0 Å². The third-order valence-electron chi connectivity index (χ3n) is 4.87. The van der Waals surface area contributed by atoms with Gasteiger partial charge in [0.25, 0.3) is 0 Å². The number of likely N-dealkylation sites (tertiary alicyclic amines) is 1. The van der Waals surface area contributed by atoms with Crippen LogP contribution in [0.2, 0.25) is 0 Å². The van der Waals surface area contributed by atoms with E-state index >= 15 is 0 Å². The van der Waals surface area contributed by atoms with Gasteiger partial charge in [-0.25, -0.2) is 13.1 Å². The fourth-order valence-corrected chi connectivity index (χ4v) is 4.50. The molecule has 0 aromatic heterocycles. The van der Waals surface area contributed by atoms with Gasteiger partial charge >= 0.3 is 0 Å². The molecule has 0 radical (unpaired) electrons. The molecule has 26 heavy (non-hydrogen) atoms. The van der Waals surface area contributed by atoms with Crippen LogP contribution in [0.4, 0.5) is 0 Å². The third kappa shape index (κ3) is 5.40.